The van der Waals surface area contributed by atoms with Crippen LogP contribution in [-0.2, 0) is 6.54 Å². The van der Waals surface area contributed by atoms with E-state index in [0.29, 0.717) is 43.1 Å². The second-order valence-corrected chi connectivity index (χ2v) is 8.91. The molecule has 1 unspecified atom stereocenters. The van der Waals surface area contributed by atoms with Crippen LogP contribution < -0.4 is 5.32 Å². The van der Waals surface area contributed by atoms with Crippen molar-refractivity contribution in [2.24, 2.45) is 5.92 Å². The topological polar surface area (TPSA) is 127 Å². The summed E-state index contributed by atoms with van der Waals surface area (Å²) in [6.07, 6.45) is 7.08. The van der Waals surface area contributed by atoms with Crippen LogP contribution >= 0.6 is 0 Å². The molecule has 1 atom stereocenters. The van der Waals surface area contributed by atoms with Crippen LogP contribution in [0.1, 0.15) is 32.1 Å². The Kier molecular flexibility index (Phi) is 5.60. The smallest absolute Gasteiger partial charge is 0.407 e. The Morgan fingerprint density at radius 2 is 2.09 bits per heavy atom. The molecule has 0 saturated carbocycles. The first-order valence-electron chi connectivity index (χ1n) is 11.3. The fourth-order valence-corrected chi connectivity index (χ4v) is 4.54. The van der Waals surface area contributed by atoms with Crippen LogP contribution in [-0.4, -0.2) is 63.5 Å². The molecule has 34 heavy (non-hydrogen) atoms. The van der Waals surface area contributed by atoms with Crippen LogP contribution in [0.2, 0.25) is 0 Å². The largest absolute Gasteiger partial charge is 0.465 e. The number of hydrogen-bond acceptors (Lipinski definition) is 7. The lowest BCUT2D eigenvalue weighted by Gasteiger charge is -2.12. The number of anilines is 2. The van der Waals surface area contributed by atoms with Gasteiger partial charge in [0, 0.05) is 44.1 Å². The predicted molar refractivity (Wildman–Crippen MR) is 127 cm³/mol. The average Bonchev–Trinajstić information content (AvgIpc) is 3.52. The third-order valence-corrected chi connectivity index (χ3v) is 6.07. The molecule has 0 radical (unpaired) electrons. The minimum Gasteiger partial charge on any atom is -0.465 e. The number of aryl methyl sites for hydroxylation is 1. The third-order valence-electron chi connectivity index (χ3n) is 6.07. The first-order chi connectivity index (χ1) is 16.4. The van der Waals surface area contributed by atoms with E-state index in [1.807, 2.05) is 23.9 Å². The SMILES string of the molecule is Cc1nc2cnc(Nc3ccnc(-c4cnn(CC5CCN(C(=O)O)C5)c4)n3)cc2n1C(C)C. The molecule has 1 aliphatic heterocycles. The van der Waals surface area contributed by atoms with E-state index in [1.165, 1.54) is 4.90 Å². The summed E-state index contributed by atoms with van der Waals surface area (Å²) < 4.78 is 4.02. The number of carbonyl (C=O) groups is 1. The summed E-state index contributed by atoms with van der Waals surface area (Å²) in [6.45, 7) is 8.03. The minimum absolute atomic E-state index is 0.252. The molecule has 4 aromatic heterocycles. The van der Waals surface area contributed by atoms with Crippen molar-refractivity contribution in [1.29, 1.82) is 0 Å². The molecule has 176 valence electrons. The highest BCUT2D eigenvalue weighted by atomic mass is 16.4. The normalized spacial score (nSPS) is 16.0. The second kappa shape index (κ2) is 8.73. The highest BCUT2D eigenvalue weighted by Gasteiger charge is 2.26. The fourth-order valence-electron chi connectivity index (χ4n) is 4.54. The van der Waals surface area contributed by atoms with Gasteiger partial charge < -0.3 is 19.9 Å². The Morgan fingerprint density at radius 3 is 2.85 bits per heavy atom. The zero-order valence-corrected chi connectivity index (χ0v) is 19.4. The number of rotatable bonds is 6. The van der Waals surface area contributed by atoms with Crippen molar-refractivity contribution in [1.82, 2.24) is 39.2 Å². The van der Waals surface area contributed by atoms with E-state index in [2.05, 4.69) is 48.8 Å². The zero-order chi connectivity index (χ0) is 23.8. The van der Waals surface area contributed by atoms with E-state index < -0.39 is 6.09 Å². The summed E-state index contributed by atoms with van der Waals surface area (Å²) in [5, 5.41) is 16.8. The highest BCUT2D eigenvalue weighted by molar-refractivity contribution is 5.79. The number of amides is 1. The van der Waals surface area contributed by atoms with Crippen LogP contribution in [0.25, 0.3) is 22.4 Å². The van der Waals surface area contributed by atoms with Crippen molar-refractivity contribution < 1.29 is 9.90 Å². The molecule has 1 saturated heterocycles. The summed E-state index contributed by atoms with van der Waals surface area (Å²) in [4.78, 5) is 30.7. The van der Waals surface area contributed by atoms with Gasteiger partial charge in [-0.2, -0.15) is 5.10 Å². The summed E-state index contributed by atoms with van der Waals surface area (Å²) in [5.41, 5.74) is 2.68. The van der Waals surface area contributed by atoms with Crippen molar-refractivity contribution in [3.8, 4) is 11.4 Å². The van der Waals surface area contributed by atoms with E-state index >= 15 is 0 Å². The molecule has 4 aromatic rings. The van der Waals surface area contributed by atoms with Gasteiger partial charge in [0.05, 0.1) is 23.5 Å². The lowest BCUT2D eigenvalue weighted by Crippen LogP contribution is -2.27. The summed E-state index contributed by atoms with van der Waals surface area (Å²) in [5.74, 6) is 3.07. The standard InChI is InChI=1S/C23H27N9O2/c1-14(2)32-15(3)27-18-10-25-21(8-19(18)32)28-20-4-6-24-22(29-20)17-9-26-31(13-17)12-16-5-7-30(11-16)23(33)34/h4,6,8-10,13-14,16H,5,7,11-12H2,1-3H3,(H,33,34)(H,24,25,28,29). The van der Waals surface area contributed by atoms with Crippen LogP contribution in [0.15, 0.2) is 36.9 Å². The van der Waals surface area contributed by atoms with Crippen molar-refractivity contribution in [3.05, 3.63) is 42.7 Å². The van der Waals surface area contributed by atoms with Gasteiger partial charge in [-0.3, -0.25) is 4.68 Å². The number of nitrogens with one attached hydrogen (secondary N) is 1. The van der Waals surface area contributed by atoms with Crippen molar-refractivity contribution in [2.75, 3.05) is 18.4 Å². The monoisotopic (exact) mass is 461 g/mol. The highest BCUT2D eigenvalue weighted by Crippen LogP contribution is 2.25. The second-order valence-electron chi connectivity index (χ2n) is 8.91. The Bertz CT molecular complexity index is 1340. The number of imidazole rings is 1. The Labute approximate surface area is 196 Å². The van der Waals surface area contributed by atoms with Gasteiger partial charge in [0.1, 0.15) is 23.0 Å². The summed E-state index contributed by atoms with van der Waals surface area (Å²) in [7, 11) is 0. The first-order valence-corrected chi connectivity index (χ1v) is 11.3. The predicted octanol–water partition coefficient (Wildman–Crippen LogP) is 3.72. The van der Waals surface area contributed by atoms with Crippen LogP contribution in [0.3, 0.4) is 0 Å². The maximum atomic E-state index is 11.1. The van der Waals surface area contributed by atoms with E-state index in [9.17, 15) is 4.79 Å². The lowest BCUT2D eigenvalue weighted by molar-refractivity contribution is 0.153. The number of fused-ring (bicyclic) bond motifs is 1. The minimum atomic E-state index is -0.862. The van der Waals surface area contributed by atoms with Crippen molar-refractivity contribution in [2.45, 2.75) is 39.8 Å². The number of carboxylic acid groups (broad SMARTS) is 1. The molecule has 1 aliphatic rings. The van der Waals surface area contributed by atoms with Gasteiger partial charge in [0.25, 0.3) is 0 Å². The molecular weight excluding hydrogens is 434 g/mol. The molecule has 1 fully saturated rings. The van der Waals surface area contributed by atoms with Crippen LogP contribution in [0.4, 0.5) is 16.4 Å². The number of pyridine rings is 1. The number of aromatic nitrogens is 7. The van der Waals surface area contributed by atoms with Crippen molar-refractivity contribution >= 4 is 28.8 Å². The Balaban J connectivity index is 1.32. The quantitative estimate of drug-likeness (QED) is 0.445. The molecule has 1 amide bonds. The van der Waals surface area contributed by atoms with Gasteiger partial charge in [0.15, 0.2) is 5.82 Å². The number of likely N-dealkylation sites (tertiary alicyclic amines) is 1. The van der Waals surface area contributed by atoms with Gasteiger partial charge in [-0.05, 0) is 39.2 Å². The van der Waals surface area contributed by atoms with Crippen LogP contribution in [0, 0.1) is 12.8 Å². The van der Waals surface area contributed by atoms with Crippen molar-refractivity contribution in [3.63, 3.8) is 0 Å². The molecule has 5 rings (SSSR count). The molecule has 5 heterocycles. The third kappa shape index (κ3) is 4.28. The first kappa shape index (κ1) is 21.8. The summed E-state index contributed by atoms with van der Waals surface area (Å²) in [6, 6.07) is 4.07. The van der Waals surface area contributed by atoms with Gasteiger partial charge in [-0.1, -0.05) is 0 Å². The molecular formula is C23H27N9O2. The van der Waals surface area contributed by atoms with E-state index in [4.69, 9.17) is 5.11 Å². The fraction of sp³-hybridized carbons (Fsp3) is 0.391. The summed E-state index contributed by atoms with van der Waals surface area (Å²) >= 11 is 0. The average molecular weight is 462 g/mol. The van der Waals surface area contributed by atoms with E-state index in [0.717, 1.165) is 28.8 Å². The Morgan fingerprint density at radius 1 is 1.24 bits per heavy atom. The van der Waals surface area contributed by atoms with Gasteiger partial charge >= 0.3 is 6.09 Å². The van der Waals surface area contributed by atoms with Gasteiger partial charge in [-0.15, -0.1) is 0 Å². The molecule has 0 spiro atoms. The molecule has 11 nitrogen and oxygen atoms in total. The zero-order valence-electron chi connectivity index (χ0n) is 19.4. The lowest BCUT2D eigenvalue weighted by atomic mass is 10.1. The maximum Gasteiger partial charge on any atom is 0.407 e. The number of hydrogen-bond donors (Lipinski definition) is 2. The number of nitrogens with zero attached hydrogens (tertiary/aromatic N) is 8. The molecule has 0 aromatic carbocycles. The maximum absolute atomic E-state index is 11.1. The molecule has 11 heteroatoms. The van der Waals surface area contributed by atoms with Gasteiger partial charge in [-0.25, -0.2) is 24.7 Å². The molecule has 0 bridgehead atoms. The van der Waals surface area contributed by atoms with Crippen LogP contribution in [0.5, 0.6) is 0 Å². The van der Waals surface area contributed by atoms with E-state index in [-0.39, 0.29) is 5.92 Å². The molecule has 2 N–H and O–H groups in total. The van der Waals surface area contributed by atoms with Gasteiger partial charge in [0.2, 0.25) is 0 Å². The van der Waals surface area contributed by atoms with E-state index in [1.54, 1.807) is 24.7 Å². The Hall–Kier alpha value is -4.02. The molecule has 0 aliphatic carbocycles.